The lowest BCUT2D eigenvalue weighted by atomic mass is 10.0. The van der Waals surface area contributed by atoms with E-state index in [1.807, 2.05) is 32.0 Å². The van der Waals surface area contributed by atoms with E-state index in [0.29, 0.717) is 59.7 Å². The molecular weight excluding hydrogens is 454 g/mol. The van der Waals surface area contributed by atoms with E-state index < -0.39 is 0 Å². The number of carbonyl (C=O) groups excluding carboxylic acids is 1. The number of methoxy groups -OCH3 is 1. The van der Waals surface area contributed by atoms with Crippen LogP contribution in [0.3, 0.4) is 0 Å². The minimum atomic E-state index is -0.259. The number of nitrogens with one attached hydrogen (secondary N) is 2. The molecule has 1 amide bonds. The predicted octanol–water partition coefficient (Wildman–Crippen LogP) is 3.62. The highest BCUT2D eigenvalue weighted by molar-refractivity contribution is 7.71. The summed E-state index contributed by atoms with van der Waals surface area (Å²) in [6.45, 7) is 5.72. The van der Waals surface area contributed by atoms with Crippen LogP contribution in [-0.4, -0.2) is 47.9 Å². The van der Waals surface area contributed by atoms with Gasteiger partial charge in [0.05, 0.1) is 17.4 Å². The molecule has 180 valence electrons. The summed E-state index contributed by atoms with van der Waals surface area (Å²) in [7, 11) is 1.62. The molecular formula is C25H29N3O5S. The van der Waals surface area contributed by atoms with Gasteiger partial charge >= 0.3 is 0 Å². The molecule has 0 bridgehead atoms. The van der Waals surface area contributed by atoms with Crippen molar-refractivity contribution in [3.05, 3.63) is 62.6 Å². The van der Waals surface area contributed by atoms with Crippen LogP contribution in [0.25, 0.3) is 10.9 Å². The molecule has 2 heterocycles. The average molecular weight is 484 g/mol. The lowest BCUT2D eigenvalue weighted by Gasteiger charge is -2.18. The SMILES string of the molecule is COCCCn1c(=S)[nH]c2cc(C(=O)NCCOc3cccc4c3OC(C)(C)C4)ccc2c1=O. The first-order chi connectivity index (χ1) is 16.3. The number of fused-ring (bicyclic) bond motifs is 2. The number of carbonyl (C=O) groups is 1. The number of amides is 1. The summed E-state index contributed by atoms with van der Waals surface area (Å²) in [6, 6.07) is 10.8. The van der Waals surface area contributed by atoms with Gasteiger partial charge in [-0.3, -0.25) is 14.2 Å². The summed E-state index contributed by atoms with van der Waals surface area (Å²) >= 11 is 5.35. The quantitative estimate of drug-likeness (QED) is 0.357. The maximum absolute atomic E-state index is 12.8. The second-order valence-corrected chi connectivity index (χ2v) is 9.27. The van der Waals surface area contributed by atoms with Crippen LogP contribution >= 0.6 is 12.2 Å². The highest BCUT2D eigenvalue weighted by Crippen LogP contribution is 2.41. The van der Waals surface area contributed by atoms with E-state index in [2.05, 4.69) is 10.3 Å². The molecule has 1 aliphatic rings. The van der Waals surface area contributed by atoms with Crippen LogP contribution in [-0.2, 0) is 17.7 Å². The van der Waals surface area contributed by atoms with Gasteiger partial charge in [-0.1, -0.05) is 12.1 Å². The molecule has 0 saturated heterocycles. The molecule has 0 radical (unpaired) electrons. The third kappa shape index (κ3) is 5.15. The molecule has 4 rings (SSSR count). The van der Waals surface area contributed by atoms with Crippen molar-refractivity contribution in [1.29, 1.82) is 0 Å². The monoisotopic (exact) mass is 483 g/mol. The predicted molar refractivity (Wildman–Crippen MR) is 133 cm³/mol. The van der Waals surface area contributed by atoms with Gasteiger partial charge in [0.2, 0.25) is 0 Å². The number of hydrogen-bond donors (Lipinski definition) is 2. The van der Waals surface area contributed by atoms with Gasteiger partial charge in [0.15, 0.2) is 16.3 Å². The van der Waals surface area contributed by atoms with E-state index in [1.165, 1.54) is 4.57 Å². The normalized spacial score (nSPS) is 14.0. The molecule has 1 aliphatic heterocycles. The second kappa shape index (κ2) is 9.99. The van der Waals surface area contributed by atoms with Gasteiger partial charge in [0, 0.05) is 37.8 Å². The molecule has 1 aromatic heterocycles. The number of benzene rings is 2. The Morgan fingerprint density at radius 3 is 2.88 bits per heavy atom. The molecule has 34 heavy (non-hydrogen) atoms. The fourth-order valence-electron chi connectivity index (χ4n) is 4.09. The molecule has 0 fully saturated rings. The summed E-state index contributed by atoms with van der Waals surface area (Å²) < 4.78 is 18.8. The van der Waals surface area contributed by atoms with Gasteiger partial charge in [0.25, 0.3) is 11.5 Å². The highest BCUT2D eigenvalue weighted by Gasteiger charge is 2.32. The number of ether oxygens (including phenoxy) is 3. The van der Waals surface area contributed by atoms with Crippen molar-refractivity contribution in [3.63, 3.8) is 0 Å². The Labute approximate surface area is 202 Å². The van der Waals surface area contributed by atoms with E-state index in [4.69, 9.17) is 26.4 Å². The molecule has 0 unspecified atom stereocenters. The first kappa shape index (κ1) is 24.0. The zero-order chi connectivity index (χ0) is 24.3. The smallest absolute Gasteiger partial charge is 0.262 e. The van der Waals surface area contributed by atoms with E-state index >= 15 is 0 Å². The topological polar surface area (TPSA) is 94.6 Å². The Morgan fingerprint density at radius 1 is 1.26 bits per heavy atom. The average Bonchev–Trinajstić information content (AvgIpc) is 3.13. The fourth-order valence-corrected chi connectivity index (χ4v) is 4.38. The number of para-hydroxylation sites is 1. The number of hydrogen-bond acceptors (Lipinski definition) is 6. The number of aromatic amines is 1. The van der Waals surface area contributed by atoms with Crippen molar-refractivity contribution in [3.8, 4) is 11.5 Å². The van der Waals surface area contributed by atoms with E-state index in [9.17, 15) is 9.59 Å². The summed E-state index contributed by atoms with van der Waals surface area (Å²) in [5.41, 5.74) is 1.65. The minimum absolute atomic E-state index is 0.184. The van der Waals surface area contributed by atoms with Crippen molar-refractivity contribution in [1.82, 2.24) is 14.9 Å². The molecule has 3 aromatic rings. The summed E-state index contributed by atoms with van der Waals surface area (Å²) in [5, 5.41) is 3.33. The van der Waals surface area contributed by atoms with Crippen molar-refractivity contribution in [2.75, 3.05) is 26.9 Å². The maximum Gasteiger partial charge on any atom is 0.262 e. The van der Waals surface area contributed by atoms with E-state index in [1.54, 1.807) is 25.3 Å². The zero-order valence-electron chi connectivity index (χ0n) is 19.6. The van der Waals surface area contributed by atoms with Gasteiger partial charge < -0.3 is 24.5 Å². The maximum atomic E-state index is 12.8. The Kier molecular flexibility index (Phi) is 7.04. The summed E-state index contributed by atoms with van der Waals surface area (Å²) in [6.07, 6.45) is 1.51. The van der Waals surface area contributed by atoms with Gasteiger partial charge in [-0.05, 0) is 56.8 Å². The molecule has 0 atom stereocenters. The highest BCUT2D eigenvalue weighted by atomic mass is 32.1. The van der Waals surface area contributed by atoms with Crippen LogP contribution in [0.5, 0.6) is 11.5 Å². The standard InChI is InChI=1S/C25H29N3O5S/c1-25(2)15-17-6-4-7-20(21(17)33-25)32-13-10-26-22(29)16-8-9-18-19(14-16)27-24(34)28(23(18)30)11-5-12-31-3/h4,6-9,14H,5,10-13,15H2,1-3H3,(H,26,29)(H,27,34). The Bertz CT molecular complexity index is 1330. The molecule has 2 N–H and O–H groups in total. The second-order valence-electron chi connectivity index (χ2n) is 8.88. The molecule has 0 saturated carbocycles. The summed E-state index contributed by atoms with van der Waals surface area (Å²) in [4.78, 5) is 28.5. The van der Waals surface area contributed by atoms with Crippen LogP contribution in [0.4, 0.5) is 0 Å². The van der Waals surface area contributed by atoms with E-state index in [-0.39, 0.29) is 17.1 Å². The van der Waals surface area contributed by atoms with Gasteiger partial charge in [-0.2, -0.15) is 0 Å². The number of rotatable bonds is 9. The molecule has 2 aromatic carbocycles. The van der Waals surface area contributed by atoms with Gasteiger partial charge in [-0.15, -0.1) is 0 Å². The van der Waals surface area contributed by atoms with Crippen LogP contribution in [0.2, 0.25) is 0 Å². The number of nitrogens with zero attached hydrogens (tertiary/aromatic N) is 1. The molecule has 0 aliphatic carbocycles. The lowest BCUT2D eigenvalue weighted by Crippen LogP contribution is -2.28. The van der Waals surface area contributed by atoms with Gasteiger partial charge in [-0.25, -0.2) is 0 Å². The Morgan fingerprint density at radius 2 is 2.09 bits per heavy atom. The third-order valence-corrected chi connectivity index (χ3v) is 6.00. The Hall–Kier alpha value is -3.17. The largest absolute Gasteiger partial charge is 0.488 e. The van der Waals surface area contributed by atoms with Crippen LogP contribution < -0.4 is 20.3 Å². The number of aromatic nitrogens is 2. The first-order valence-electron chi connectivity index (χ1n) is 11.3. The minimum Gasteiger partial charge on any atom is -0.488 e. The first-order valence-corrected chi connectivity index (χ1v) is 11.7. The van der Waals surface area contributed by atoms with Crippen LogP contribution in [0, 0.1) is 4.77 Å². The fraction of sp³-hybridized carbons (Fsp3) is 0.400. The third-order valence-electron chi connectivity index (χ3n) is 5.67. The van der Waals surface area contributed by atoms with Crippen molar-refractivity contribution >= 4 is 29.0 Å². The van der Waals surface area contributed by atoms with Crippen LogP contribution in [0.1, 0.15) is 36.2 Å². The lowest BCUT2D eigenvalue weighted by molar-refractivity contribution is 0.0946. The van der Waals surface area contributed by atoms with E-state index in [0.717, 1.165) is 17.7 Å². The Balaban J connectivity index is 1.38. The van der Waals surface area contributed by atoms with Crippen molar-refractivity contribution < 1.29 is 19.0 Å². The molecule has 8 nitrogen and oxygen atoms in total. The van der Waals surface area contributed by atoms with Gasteiger partial charge in [0.1, 0.15) is 12.2 Å². The van der Waals surface area contributed by atoms with Crippen LogP contribution in [0.15, 0.2) is 41.2 Å². The van der Waals surface area contributed by atoms with Crippen molar-refractivity contribution in [2.45, 2.75) is 38.8 Å². The summed E-state index contributed by atoms with van der Waals surface area (Å²) in [5.74, 6) is 1.19. The number of H-pyrrole nitrogens is 1. The van der Waals surface area contributed by atoms with Crippen molar-refractivity contribution in [2.24, 2.45) is 0 Å². The zero-order valence-corrected chi connectivity index (χ0v) is 20.4. The molecule has 0 spiro atoms. The molecule has 9 heteroatoms.